The molecule has 2 aromatic rings. The number of piperidine rings is 2. The Kier molecular flexibility index (Phi) is 18.0. The van der Waals surface area contributed by atoms with Crippen LogP contribution in [-0.4, -0.2) is 49.4 Å². The normalized spacial score (nSPS) is 18.0. The second-order valence-corrected chi connectivity index (χ2v) is 9.97. The van der Waals surface area contributed by atoms with Crippen LogP contribution in [0.1, 0.15) is 115 Å². The second-order valence-electron chi connectivity index (χ2n) is 9.97. The number of nitrogens with zero attached hydrogens (tertiary/aromatic N) is 1. The summed E-state index contributed by atoms with van der Waals surface area (Å²) in [4.78, 5) is 27.9. The zero-order valence-corrected chi connectivity index (χ0v) is 27.4. The summed E-state index contributed by atoms with van der Waals surface area (Å²) in [6, 6.07) is 16.8. The summed E-state index contributed by atoms with van der Waals surface area (Å²) in [6.45, 7) is 20.0. The Labute approximate surface area is 251 Å². The molecule has 5 rings (SSSR count). The van der Waals surface area contributed by atoms with E-state index in [2.05, 4.69) is 34.9 Å². The van der Waals surface area contributed by atoms with E-state index in [0.29, 0.717) is 13.0 Å². The first-order valence-corrected chi connectivity index (χ1v) is 16.6. The molecule has 2 amide bonds. The summed E-state index contributed by atoms with van der Waals surface area (Å²) >= 11 is 0. The summed E-state index contributed by atoms with van der Waals surface area (Å²) in [7, 11) is 0. The van der Waals surface area contributed by atoms with Gasteiger partial charge in [0.15, 0.2) is 0 Å². The maximum Gasteiger partial charge on any atom is 0.254 e. The molecule has 5 nitrogen and oxygen atoms in total. The Hall–Kier alpha value is -2.66. The Morgan fingerprint density at radius 3 is 2.17 bits per heavy atom. The lowest BCUT2D eigenvalue weighted by Gasteiger charge is -2.40. The van der Waals surface area contributed by atoms with Gasteiger partial charge in [0, 0.05) is 31.7 Å². The van der Waals surface area contributed by atoms with Crippen molar-refractivity contribution in [3.63, 3.8) is 0 Å². The largest absolute Gasteiger partial charge is 0.355 e. The lowest BCUT2D eigenvalue weighted by molar-refractivity contribution is -0.125. The third-order valence-electron chi connectivity index (χ3n) is 8.08. The fourth-order valence-electron chi connectivity index (χ4n) is 6.08. The van der Waals surface area contributed by atoms with E-state index in [1.807, 2.05) is 84.6 Å². The molecule has 2 N–H and O–H groups in total. The summed E-state index contributed by atoms with van der Waals surface area (Å²) in [5.41, 5.74) is 5.07. The number of nitrogens with one attached hydrogen (secondary N) is 2. The van der Waals surface area contributed by atoms with E-state index in [9.17, 15) is 9.59 Å². The van der Waals surface area contributed by atoms with Crippen molar-refractivity contribution in [3.05, 3.63) is 70.8 Å². The van der Waals surface area contributed by atoms with Crippen LogP contribution in [0.15, 0.2) is 48.5 Å². The van der Waals surface area contributed by atoms with E-state index >= 15 is 0 Å². The van der Waals surface area contributed by atoms with Crippen LogP contribution in [0.3, 0.4) is 0 Å². The number of likely N-dealkylation sites (tertiary alicyclic amines) is 1. The second kappa shape index (κ2) is 20.3. The highest BCUT2D eigenvalue weighted by Gasteiger charge is 2.41. The summed E-state index contributed by atoms with van der Waals surface area (Å²) in [5.74, 6) is 0.329. The minimum absolute atomic E-state index is 0.0667. The molecule has 5 heteroatoms. The third-order valence-corrected chi connectivity index (χ3v) is 8.08. The minimum atomic E-state index is 0.0667. The topological polar surface area (TPSA) is 61.4 Å². The van der Waals surface area contributed by atoms with E-state index in [-0.39, 0.29) is 23.1 Å². The molecule has 2 fully saturated rings. The lowest BCUT2D eigenvalue weighted by Crippen LogP contribution is -2.44. The standard InChI is InChI=1S/C28H35N3O2.4C2H6/c32-26(23-8-5-16-29-20-23)30-17-12-21-6-1-3-9-24(21)27(33)31-18-14-28(15-19-31)13-11-22-7-2-4-10-25(22)28;4*1-2/h1-4,6-7,9-10,23,29H,5,8,11-20H2,(H,30,32);4*1-2H3. The van der Waals surface area contributed by atoms with Gasteiger partial charge in [-0.05, 0) is 79.7 Å². The molecule has 2 aliphatic heterocycles. The number of carbonyl (C=O) groups is 2. The zero-order valence-electron chi connectivity index (χ0n) is 27.4. The molecule has 2 heterocycles. The Balaban J connectivity index is 0.000000969. The smallest absolute Gasteiger partial charge is 0.254 e. The third kappa shape index (κ3) is 9.70. The van der Waals surface area contributed by atoms with Crippen LogP contribution < -0.4 is 10.6 Å². The van der Waals surface area contributed by atoms with Crippen LogP contribution in [-0.2, 0) is 23.1 Å². The van der Waals surface area contributed by atoms with Crippen molar-refractivity contribution < 1.29 is 9.59 Å². The van der Waals surface area contributed by atoms with Gasteiger partial charge >= 0.3 is 0 Å². The molecular formula is C36H59N3O2. The van der Waals surface area contributed by atoms with Gasteiger partial charge in [0.05, 0.1) is 5.92 Å². The van der Waals surface area contributed by atoms with Crippen molar-refractivity contribution >= 4 is 11.8 Å². The molecule has 1 spiro atoms. The monoisotopic (exact) mass is 565 g/mol. The van der Waals surface area contributed by atoms with Crippen molar-refractivity contribution in [3.8, 4) is 0 Å². The number of rotatable bonds is 5. The molecule has 1 atom stereocenters. The Bertz CT molecular complexity index is 1010. The van der Waals surface area contributed by atoms with Crippen LogP contribution >= 0.6 is 0 Å². The first-order chi connectivity index (χ1) is 20.2. The predicted octanol–water partition coefficient (Wildman–Crippen LogP) is 7.57. The molecule has 1 aliphatic carbocycles. The zero-order chi connectivity index (χ0) is 30.7. The average molecular weight is 566 g/mol. The lowest BCUT2D eigenvalue weighted by atomic mass is 9.74. The number of hydrogen-bond acceptors (Lipinski definition) is 3. The van der Waals surface area contributed by atoms with Crippen molar-refractivity contribution in [2.24, 2.45) is 5.92 Å². The van der Waals surface area contributed by atoms with Crippen LogP contribution in [0.5, 0.6) is 0 Å². The molecule has 230 valence electrons. The van der Waals surface area contributed by atoms with Gasteiger partial charge in [-0.15, -0.1) is 0 Å². The number of aryl methyl sites for hydroxylation is 1. The average Bonchev–Trinajstić information content (AvgIpc) is 3.43. The number of amides is 2. The number of carbonyl (C=O) groups excluding carboxylic acids is 2. The van der Waals surface area contributed by atoms with Gasteiger partial charge in [-0.2, -0.15) is 0 Å². The molecule has 2 saturated heterocycles. The minimum Gasteiger partial charge on any atom is -0.355 e. The number of fused-ring (bicyclic) bond motifs is 2. The van der Waals surface area contributed by atoms with Gasteiger partial charge in [0.25, 0.3) is 5.91 Å². The fourth-order valence-corrected chi connectivity index (χ4v) is 6.08. The molecule has 0 radical (unpaired) electrons. The maximum absolute atomic E-state index is 13.4. The Morgan fingerprint density at radius 2 is 1.51 bits per heavy atom. The SMILES string of the molecule is CC.CC.CC.CC.O=C(NCCc1ccccc1C(=O)N1CCC2(CCc3ccccc32)CC1)C1CCCNC1. The van der Waals surface area contributed by atoms with Crippen molar-refractivity contribution in [1.82, 2.24) is 15.5 Å². The summed E-state index contributed by atoms with van der Waals surface area (Å²) in [5, 5.41) is 6.38. The quantitative estimate of drug-likeness (QED) is 0.393. The molecule has 0 saturated carbocycles. The molecule has 3 aliphatic rings. The van der Waals surface area contributed by atoms with Crippen LogP contribution in [0.25, 0.3) is 0 Å². The van der Waals surface area contributed by atoms with E-state index in [1.165, 1.54) is 17.5 Å². The van der Waals surface area contributed by atoms with Crippen molar-refractivity contribution in [1.29, 1.82) is 0 Å². The van der Waals surface area contributed by atoms with Gasteiger partial charge in [-0.1, -0.05) is 97.9 Å². The van der Waals surface area contributed by atoms with Crippen LogP contribution in [0, 0.1) is 5.92 Å². The molecule has 41 heavy (non-hydrogen) atoms. The highest BCUT2D eigenvalue weighted by atomic mass is 16.2. The van der Waals surface area contributed by atoms with E-state index in [0.717, 1.165) is 69.4 Å². The number of benzene rings is 2. The van der Waals surface area contributed by atoms with Gasteiger partial charge in [0.2, 0.25) is 5.91 Å². The molecule has 0 aromatic heterocycles. The molecule has 2 aromatic carbocycles. The first-order valence-electron chi connectivity index (χ1n) is 16.6. The van der Waals surface area contributed by atoms with Crippen molar-refractivity contribution in [2.45, 2.75) is 106 Å². The Morgan fingerprint density at radius 1 is 0.878 bits per heavy atom. The highest BCUT2D eigenvalue weighted by Crippen LogP contribution is 2.46. The van der Waals surface area contributed by atoms with Gasteiger partial charge in [-0.25, -0.2) is 0 Å². The number of hydrogen-bond donors (Lipinski definition) is 2. The van der Waals surface area contributed by atoms with Gasteiger partial charge in [-0.3, -0.25) is 9.59 Å². The summed E-state index contributed by atoms with van der Waals surface area (Å²) in [6.07, 6.45) is 7.15. The predicted molar refractivity (Wildman–Crippen MR) is 176 cm³/mol. The van der Waals surface area contributed by atoms with E-state index < -0.39 is 0 Å². The van der Waals surface area contributed by atoms with Crippen LogP contribution in [0.4, 0.5) is 0 Å². The van der Waals surface area contributed by atoms with Gasteiger partial charge in [0.1, 0.15) is 0 Å². The maximum atomic E-state index is 13.4. The first kappa shape index (κ1) is 36.4. The fraction of sp³-hybridized carbons (Fsp3) is 0.611. The summed E-state index contributed by atoms with van der Waals surface area (Å²) < 4.78 is 0. The van der Waals surface area contributed by atoms with E-state index in [1.54, 1.807) is 0 Å². The molecule has 1 unspecified atom stereocenters. The van der Waals surface area contributed by atoms with Crippen molar-refractivity contribution in [2.75, 3.05) is 32.7 Å². The molecule has 0 bridgehead atoms. The molecular weight excluding hydrogens is 506 g/mol. The van der Waals surface area contributed by atoms with Crippen LogP contribution in [0.2, 0.25) is 0 Å². The highest BCUT2D eigenvalue weighted by molar-refractivity contribution is 5.95. The van der Waals surface area contributed by atoms with E-state index in [4.69, 9.17) is 0 Å². The van der Waals surface area contributed by atoms with Gasteiger partial charge < -0.3 is 15.5 Å².